The molecule has 0 aliphatic heterocycles. The highest BCUT2D eigenvalue weighted by molar-refractivity contribution is 5.90. The number of carbonyl (C=O) groups is 4. The number of ether oxygens (including phenoxy) is 2. The van der Waals surface area contributed by atoms with Crippen LogP contribution in [0.2, 0.25) is 0 Å². The molecular weight excluding hydrogens is 556 g/mol. The molecule has 2 rings (SSSR count). The molecular formula is C36H52N2O6. The van der Waals surface area contributed by atoms with E-state index in [1.165, 1.54) is 44.9 Å². The molecule has 242 valence electrons. The largest absolute Gasteiger partial charge is 0.461 e. The van der Waals surface area contributed by atoms with Crippen molar-refractivity contribution < 1.29 is 28.7 Å². The van der Waals surface area contributed by atoms with Crippen LogP contribution >= 0.6 is 0 Å². The minimum Gasteiger partial charge on any atom is -0.461 e. The van der Waals surface area contributed by atoms with Gasteiger partial charge in [0.15, 0.2) is 0 Å². The minimum atomic E-state index is -1.07. The summed E-state index contributed by atoms with van der Waals surface area (Å²) in [4.78, 5) is 51.2. The minimum absolute atomic E-state index is 0.00989. The van der Waals surface area contributed by atoms with Gasteiger partial charge in [0.1, 0.15) is 25.3 Å². The standard InChI is InChI=1S/C36H52N2O6/c1-3-5-6-7-8-9-10-11-12-19-24-33(39)37-31(4-2)35(41)38-32(36(42)44-28-30-22-17-14-18-23-30)25-26-34(40)43-27-29-20-15-13-16-21-29/h13-18,20-23,31-32H,3-12,19,24-28H2,1-2H3,(H,37,39)(H,38,41)/t31-,32+/m0/s1. The molecule has 8 nitrogen and oxygen atoms in total. The van der Waals surface area contributed by atoms with Crippen LogP contribution in [0.3, 0.4) is 0 Å². The molecule has 2 atom stereocenters. The van der Waals surface area contributed by atoms with E-state index in [1.54, 1.807) is 6.92 Å². The van der Waals surface area contributed by atoms with Gasteiger partial charge in [-0.05, 0) is 30.4 Å². The number of carbonyl (C=O) groups excluding carboxylic acids is 4. The average molecular weight is 609 g/mol. The highest BCUT2D eigenvalue weighted by Crippen LogP contribution is 2.12. The molecule has 0 saturated carbocycles. The van der Waals surface area contributed by atoms with E-state index in [9.17, 15) is 19.2 Å². The summed E-state index contributed by atoms with van der Waals surface area (Å²) < 4.78 is 10.8. The fourth-order valence-electron chi connectivity index (χ4n) is 4.82. The zero-order chi connectivity index (χ0) is 31.8. The Balaban J connectivity index is 1.82. The summed E-state index contributed by atoms with van der Waals surface area (Å²) in [5.41, 5.74) is 1.66. The molecule has 0 bridgehead atoms. The van der Waals surface area contributed by atoms with Crippen LogP contribution in [0.1, 0.15) is 115 Å². The van der Waals surface area contributed by atoms with E-state index in [1.807, 2.05) is 60.7 Å². The van der Waals surface area contributed by atoms with Crippen molar-refractivity contribution in [2.24, 2.45) is 0 Å². The first-order valence-electron chi connectivity index (χ1n) is 16.4. The molecule has 0 fully saturated rings. The van der Waals surface area contributed by atoms with Gasteiger partial charge in [-0.15, -0.1) is 0 Å². The number of benzene rings is 2. The summed E-state index contributed by atoms with van der Waals surface area (Å²) in [6, 6.07) is 16.7. The lowest BCUT2D eigenvalue weighted by atomic mass is 10.1. The van der Waals surface area contributed by atoms with Crippen LogP contribution in [0.4, 0.5) is 0 Å². The first kappa shape index (κ1) is 36.5. The van der Waals surface area contributed by atoms with Gasteiger partial charge in [-0.1, -0.05) is 132 Å². The van der Waals surface area contributed by atoms with Gasteiger partial charge in [0.05, 0.1) is 0 Å². The van der Waals surface area contributed by atoms with Gasteiger partial charge >= 0.3 is 11.9 Å². The highest BCUT2D eigenvalue weighted by atomic mass is 16.5. The summed E-state index contributed by atoms with van der Waals surface area (Å²) in [6.45, 7) is 4.19. The third kappa shape index (κ3) is 16.2. The maximum Gasteiger partial charge on any atom is 0.328 e. The van der Waals surface area contributed by atoms with Crippen LogP contribution in [0.5, 0.6) is 0 Å². The highest BCUT2D eigenvalue weighted by Gasteiger charge is 2.27. The predicted molar refractivity (Wildman–Crippen MR) is 172 cm³/mol. The van der Waals surface area contributed by atoms with Gasteiger partial charge in [0.25, 0.3) is 0 Å². The normalized spacial score (nSPS) is 12.1. The van der Waals surface area contributed by atoms with Crippen molar-refractivity contribution in [2.75, 3.05) is 0 Å². The van der Waals surface area contributed by atoms with E-state index in [0.717, 1.165) is 30.4 Å². The van der Waals surface area contributed by atoms with E-state index >= 15 is 0 Å². The molecule has 0 radical (unpaired) electrons. The fraction of sp³-hybridized carbons (Fsp3) is 0.556. The summed E-state index contributed by atoms with van der Waals surface area (Å²) in [6.07, 6.45) is 12.4. The Morgan fingerprint density at radius 2 is 1.14 bits per heavy atom. The molecule has 2 aromatic carbocycles. The Morgan fingerprint density at radius 1 is 0.614 bits per heavy atom. The molecule has 0 spiro atoms. The SMILES string of the molecule is CCCCCCCCCCCCC(=O)N[C@@H](CC)C(=O)N[C@H](CCC(=O)OCc1ccccc1)C(=O)OCc1ccccc1. The molecule has 0 unspecified atom stereocenters. The second-order valence-electron chi connectivity index (χ2n) is 11.3. The molecule has 2 aromatic rings. The molecule has 8 heteroatoms. The first-order valence-corrected chi connectivity index (χ1v) is 16.4. The molecule has 44 heavy (non-hydrogen) atoms. The molecule has 0 aromatic heterocycles. The van der Waals surface area contributed by atoms with Gasteiger partial charge in [0.2, 0.25) is 11.8 Å². The van der Waals surface area contributed by atoms with Crippen molar-refractivity contribution in [1.29, 1.82) is 0 Å². The summed E-state index contributed by atoms with van der Waals surface area (Å²) in [5, 5.41) is 5.52. The summed E-state index contributed by atoms with van der Waals surface area (Å²) in [7, 11) is 0. The lowest BCUT2D eigenvalue weighted by molar-refractivity contribution is -0.150. The third-order valence-corrected chi connectivity index (χ3v) is 7.52. The van der Waals surface area contributed by atoms with E-state index < -0.39 is 29.9 Å². The van der Waals surface area contributed by atoms with Gasteiger partial charge in [-0.25, -0.2) is 4.79 Å². The Hall–Kier alpha value is -3.68. The molecule has 0 saturated heterocycles. The van der Waals surface area contributed by atoms with Crippen molar-refractivity contribution in [3.8, 4) is 0 Å². The third-order valence-electron chi connectivity index (χ3n) is 7.52. The van der Waals surface area contributed by atoms with Gasteiger partial charge in [0, 0.05) is 12.8 Å². The number of nitrogens with one attached hydrogen (secondary N) is 2. The van der Waals surface area contributed by atoms with Crippen LogP contribution in [0.15, 0.2) is 60.7 Å². The lowest BCUT2D eigenvalue weighted by Gasteiger charge is -2.22. The van der Waals surface area contributed by atoms with E-state index in [4.69, 9.17) is 9.47 Å². The van der Waals surface area contributed by atoms with Gasteiger partial charge in [-0.2, -0.15) is 0 Å². The fourth-order valence-corrected chi connectivity index (χ4v) is 4.82. The quantitative estimate of drug-likeness (QED) is 0.104. The molecule has 0 heterocycles. The number of unbranched alkanes of at least 4 members (excludes halogenated alkanes) is 9. The molecule has 2 amide bonds. The number of amides is 2. The second kappa shape index (κ2) is 22.8. The van der Waals surface area contributed by atoms with Crippen molar-refractivity contribution in [3.63, 3.8) is 0 Å². The Labute approximate surface area is 263 Å². The molecule has 0 aliphatic carbocycles. The van der Waals surface area contributed by atoms with Gasteiger partial charge in [-0.3, -0.25) is 14.4 Å². The zero-order valence-electron chi connectivity index (χ0n) is 26.7. The predicted octanol–water partition coefficient (Wildman–Crippen LogP) is 6.94. The van der Waals surface area contributed by atoms with Crippen molar-refractivity contribution >= 4 is 23.8 Å². The zero-order valence-corrected chi connectivity index (χ0v) is 26.7. The number of esters is 2. The second-order valence-corrected chi connectivity index (χ2v) is 11.3. The van der Waals surface area contributed by atoms with Gasteiger partial charge < -0.3 is 20.1 Å². The average Bonchev–Trinajstić information content (AvgIpc) is 3.05. The van der Waals surface area contributed by atoms with Crippen LogP contribution in [-0.2, 0) is 41.9 Å². The van der Waals surface area contributed by atoms with E-state index in [-0.39, 0.29) is 32.0 Å². The summed E-state index contributed by atoms with van der Waals surface area (Å²) >= 11 is 0. The van der Waals surface area contributed by atoms with Crippen molar-refractivity contribution in [2.45, 2.75) is 129 Å². The van der Waals surface area contributed by atoms with Crippen molar-refractivity contribution in [3.05, 3.63) is 71.8 Å². The first-order chi connectivity index (χ1) is 21.4. The maximum atomic E-state index is 13.1. The Kier molecular flexibility index (Phi) is 18.9. The van der Waals surface area contributed by atoms with Crippen LogP contribution in [0.25, 0.3) is 0 Å². The number of rotatable bonds is 23. The van der Waals surface area contributed by atoms with Crippen molar-refractivity contribution in [1.82, 2.24) is 10.6 Å². The van der Waals surface area contributed by atoms with Crippen LogP contribution < -0.4 is 10.6 Å². The molecule has 2 N–H and O–H groups in total. The molecule has 0 aliphatic rings. The van der Waals surface area contributed by atoms with E-state index in [0.29, 0.717) is 12.8 Å². The Morgan fingerprint density at radius 3 is 1.68 bits per heavy atom. The summed E-state index contributed by atoms with van der Waals surface area (Å²) in [5.74, 6) is -1.80. The smallest absolute Gasteiger partial charge is 0.328 e. The topological polar surface area (TPSA) is 111 Å². The monoisotopic (exact) mass is 608 g/mol. The maximum absolute atomic E-state index is 13.1. The Bertz CT molecular complexity index is 1090. The lowest BCUT2D eigenvalue weighted by Crippen LogP contribution is -2.51. The van der Waals surface area contributed by atoms with Crippen LogP contribution in [-0.4, -0.2) is 35.8 Å². The number of hydrogen-bond donors (Lipinski definition) is 2. The van der Waals surface area contributed by atoms with E-state index in [2.05, 4.69) is 17.6 Å². The number of hydrogen-bond acceptors (Lipinski definition) is 6. The van der Waals surface area contributed by atoms with Crippen LogP contribution in [0, 0.1) is 0 Å².